The molecule has 1 fully saturated rings. The summed E-state index contributed by atoms with van der Waals surface area (Å²) in [7, 11) is 0. The molecule has 2 heteroatoms. The summed E-state index contributed by atoms with van der Waals surface area (Å²) < 4.78 is 5.66. The van der Waals surface area contributed by atoms with Crippen molar-refractivity contribution in [3.05, 3.63) is 29.8 Å². The van der Waals surface area contributed by atoms with Gasteiger partial charge in [-0.2, -0.15) is 0 Å². The van der Waals surface area contributed by atoms with Gasteiger partial charge in [0.05, 0.1) is 6.61 Å². The van der Waals surface area contributed by atoms with Crippen molar-refractivity contribution in [3.63, 3.8) is 0 Å². The molecule has 0 saturated heterocycles. The first-order chi connectivity index (χ1) is 7.81. The molecule has 0 N–H and O–H groups in total. The van der Waals surface area contributed by atoms with E-state index in [2.05, 4.69) is 13.0 Å². The van der Waals surface area contributed by atoms with Gasteiger partial charge in [-0.15, -0.1) is 0 Å². The summed E-state index contributed by atoms with van der Waals surface area (Å²) in [6.07, 6.45) is 3.70. The number of hydrogen-bond acceptors (Lipinski definition) is 2. The van der Waals surface area contributed by atoms with Crippen LogP contribution in [0.5, 0.6) is 5.75 Å². The van der Waals surface area contributed by atoms with E-state index < -0.39 is 0 Å². The van der Waals surface area contributed by atoms with Crippen LogP contribution in [0.25, 0.3) is 0 Å². The molecule has 0 atom stereocenters. The number of para-hydroxylation sites is 1. The summed E-state index contributed by atoms with van der Waals surface area (Å²) in [5, 5.41) is 0. The number of carbonyl (C=O) groups excluding carboxylic acids is 1. The molecule has 0 unspecified atom stereocenters. The molecule has 86 valence electrons. The van der Waals surface area contributed by atoms with Gasteiger partial charge in [-0.05, 0) is 30.9 Å². The Bertz CT molecular complexity index is 367. The van der Waals surface area contributed by atoms with Crippen LogP contribution in [-0.2, 0) is 11.2 Å². The Labute approximate surface area is 96.6 Å². The number of ether oxygens (including phenoxy) is 1. The van der Waals surface area contributed by atoms with Gasteiger partial charge in [-0.25, -0.2) is 0 Å². The van der Waals surface area contributed by atoms with Gasteiger partial charge in [0.15, 0.2) is 0 Å². The monoisotopic (exact) mass is 218 g/mol. The second-order valence-electron chi connectivity index (χ2n) is 4.30. The quantitative estimate of drug-likeness (QED) is 0.733. The molecular formula is C14H18O2. The first-order valence-corrected chi connectivity index (χ1v) is 6.04. The van der Waals surface area contributed by atoms with Crippen molar-refractivity contribution in [3.8, 4) is 5.75 Å². The molecule has 1 aromatic rings. The standard InChI is InChI=1S/C14H18O2/c1-2-11-5-3-4-6-14(11)16-10-9-13(15)12-7-8-12/h3-6,12H,2,7-10H2,1H3. The van der Waals surface area contributed by atoms with Crippen LogP contribution in [-0.4, -0.2) is 12.4 Å². The maximum Gasteiger partial charge on any atom is 0.139 e. The molecule has 16 heavy (non-hydrogen) atoms. The number of aryl methyl sites for hydroxylation is 1. The molecule has 0 heterocycles. The van der Waals surface area contributed by atoms with Crippen molar-refractivity contribution in [2.24, 2.45) is 5.92 Å². The van der Waals surface area contributed by atoms with Crippen LogP contribution in [0.15, 0.2) is 24.3 Å². The number of rotatable bonds is 6. The predicted octanol–water partition coefficient (Wildman–Crippen LogP) is 3.00. The average Bonchev–Trinajstić information content (AvgIpc) is 3.13. The van der Waals surface area contributed by atoms with Crippen molar-refractivity contribution in [2.75, 3.05) is 6.61 Å². The fourth-order valence-electron chi connectivity index (χ4n) is 1.81. The highest BCUT2D eigenvalue weighted by atomic mass is 16.5. The Kier molecular flexibility index (Phi) is 3.60. The third-order valence-corrected chi connectivity index (χ3v) is 2.99. The molecule has 0 aliphatic heterocycles. The second kappa shape index (κ2) is 5.15. The lowest BCUT2D eigenvalue weighted by Gasteiger charge is -2.09. The van der Waals surface area contributed by atoms with Gasteiger partial charge in [0, 0.05) is 12.3 Å². The Morgan fingerprint density at radius 3 is 2.81 bits per heavy atom. The van der Waals surface area contributed by atoms with Crippen LogP contribution >= 0.6 is 0 Å². The fourth-order valence-corrected chi connectivity index (χ4v) is 1.81. The lowest BCUT2D eigenvalue weighted by Crippen LogP contribution is -2.08. The van der Waals surface area contributed by atoms with E-state index in [0.717, 1.165) is 25.0 Å². The molecule has 1 aromatic carbocycles. The van der Waals surface area contributed by atoms with Crippen molar-refractivity contribution >= 4 is 5.78 Å². The minimum absolute atomic E-state index is 0.352. The van der Waals surface area contributed by atoms with Gasteiger partial charge in [0.25, 0.3) is 0 Å². The molecule has 0 bridgehead atoms. The predicted molar refractivity (Wildman–Crippen MR) is 63.7 cm³/mol. The Morgan fingerprint density at radius 2 is 2.12 bits per heavy atom. The highest BCUT2D eigenvalue weighted by Crippen LogP contribution is 2.30. The fraction of sp³-hybridized carbons (Fsp3) is 0.500. The van der Waals surface area contributed by atoms with E-state index >= 15 is 0 Å². The van der Waals surface area contributed by atoms with Crippen LogP contribution < -0.4 is 4.74 Å². The highest BCUT2D eigenvalue weighted by molar-refractivity contribution is 5.83. The van der Waals surface area contributed by atoms with Crippen LogP contribution in [0, 0.1) is 5.92 Å². The largest absolute Gasteiger partial charge is 0.493 e. The number of hydrogen-bond donors (Lipinski definition) is 0. The summed E-state index contributed by atoms with van der Waals surface area (Å²) in [5.74, 6) is 1.65. The van der Waals surface area contributed by atoms with E-state index in [9.17, 15) is 4.79 Å². The highest BCUT2D eigenvalue weighted by Gasteiger charge is 2.28. The van der Waals surface area contributed by atoms with Gasteiger partial charge in [-0.1, -0.05) is 25.1 Å². The van der Waals surface area contributed by atoms with Gasteiger partial charge in [-0.3, -0.25) is 4.79 Å². The summed E-state index contributed by atoms with van der Waals surface area (Å²) in [6, 6.07) is 8.02. The van der Waals surface area contributed by atoms with E-state index in [4.69, 9.17) is 4.74 Å². The molecule has 0 aromatic heterocycles. The minimum atomic E-state index is 0.352. The first-order valence-electron chi connectivity index (χ1n) is 6.04. The van der Waals surface area contributed by atoms with E-state index in [-0.39, 0.29) is 0 Å². The summed E-state index contributed by atoms with van der Waals surface area (Å²) in [5.41, 5.74) is 1.21. The van der Waals surface area contributed by atoms with Gasteiger partial charge < -0.3 is 4.74 Å². The average molecular weight is 218 g/mol. The zero-order chi connectivity index (χ0) is 11.4. The van der Waals surface area contributed by atoms with E-state index in [1.165, 1.54) is 5.56 Å². The van der Waals surface area contributed by atoms with Crippen molar-refractivity contribution in [2.45, 2.75) is 32.6 Å². The van der Waals surface area contributed by atoms with Crippen molar-refractivity contribution < 1.29 is 9.53 Å². The smallest absolute Gasteiger partial charge is 0.139 e. The van der Waals surface area contributed by atoms with E-state index in [1.807, 2.05) is 18.2 Å². The molecule has 0 radical (unpaired) electrons. The number of Topliss-reactive ketones (excluding diaryl/α,β-unsaturated/α-hetero) is 1. The molecule has 0 spiro atoms. The van der Waals surface area contributed by atoms with Gasteiger partial charge in [0.2, 0.25) is 0 Å². The minimum Gasteiger partial charge on any atom is -0.493 e. The number of carbonyl (C=O) groups is 1. The van der Waals surface area contributed by atoms with E-state index in [0.29, 0.717) is 24.7 Å². The topological polar surface area (TPSA) is 26.3 Å². The molecule has 1 aliphatic carbocycles. The molecule has 2 nitrogen and oxygen atoms in total. The third kappa shape index (κ3) is 2.84. The molecular weight excluding hydrogens is 200 g/mol. The van der Waals surface area contributed by atoms with Crippen molar-refractivity contribution in [1.29, 1.82) is 0 Å². The molecule has 1 aliphatic rings. The zero-order valence-electron chi connectivity index (χ0n) is 9.74. The van der Waals surface area contributed by atoms with Crippen LogP contribution in [0.2, 0.25) is 0 Å². The Morgan fingerprint density at radius 1 is 1.38 bits per heavy atom. The third-order valence-electron chi connectivity index (χ3n) is 2.99. The SMILES string of the molecule is CCc1ccccc1OCCC(=O)C1CC1. The second-order valence-corrected chi connectivity index (χ2v) is 4.30. The van der Waals surface area contributed by atoms with Crippen LogP contribution in [0.4, 0.5) is 0 Å². The number of benzene rings is 1. The van der Waals surface area contributed by atoms with Crippen LogP contribution in [0.1, 0.15) is 31.7 Å². The Hall–Kier alpha value is -1.31. The zero-order valence-corrected chi connectivity index (χ0v) is 9.74. The normalized spacial score (nSPS) is 14.8. The summed E-state index contributed by atoms with van der Waals surface area (Å²) in [6.45, 7) is 2.63. The molecule has 2 rings (SSSR count). The number of ketones is 1. The summed E-state index contributed by atoms with van der Waals surface area (Å²) in [4.78, 5) is 11.5. The maximum absolute atomic E-state index is 11.5. The molecule has 1 saturated carbocycles. The lowest BCUT2D eigenvalue weighted by molar-refractivity contribution is -0.120. The molecule has 0 amide bonds. The maximum atomic E-state index is 11.5. The van der Waals surface area contributed by atoms with Crippen LogP contribution in [0.3, 0.4) is 0 Å². The summed E-state index contributed by atoms with van der Waals surface area (Å²) >= 11 is 0. The van der Waals surface area contributed by atoms with Crippen molar-refractivity contribution in [1.82, 2.24) is 0 Å². The van der Waals surface area contributed by atoms with Gasteiger partial charge >= 0.3 is 0 Å². The lowest BCUT2D eigenvalue weighted by atomic mass is 10.1. The Balaban J connectivity index is 1.81. The van der Waals surface area contributed by atoms with E-state index in [1.54, 1.807) is 0 Å². The first kappa shape index (κ1) is 11.2. The van der Waals surface area contributed by atoms with Gasteiger partial charge in [0.1, 0.15) is 11.5 Å².